The van der Waals surface area contributed by atoms with Crippen LogP contribution >= 0.6 is 11.3 Å². The number of carbonyl (C=O) groups excluding carboxylic acids is 1. The highest BCUT2D eigenvalue weighted by atomic mass is 32.1. The van der Waals surface area contributed by atoms with Gasteiger partial charge in [-0.2, -0.15) is 4.98 Å². The van der Waals surface area contributed by atoms with E-state index in [9.17, 15) is 9.18 Å². The molecule has 1 amide bonds. The molecule has 0 aliphatic carbocycles. The molecule has 3 aromatic rings. The summed E-state index contributed by atoms with van der Waals surface area (Å²) in [6.45, 7) is 5.58. The molecule has 0 unspecified atom stereocenters. The smallest absolute Gasteiger partial charge is 0.246 e. The molecule has 7 nitrogen and oxygen atoms in total. The van der Waals surface area contributed by atoms with Crippen LogP contribution in [0, 0.1) is 6.92 Å². The van der Waals surface area contributed by atoms with E-state index in [1.54, 1.807) is 6.20 Å². The molecule has 0 aromatic carbocycles. The lowest BCUT2D eigenvalue weighted by atomic mass is 10.2. The number of thiazole rings is 1. The number of aryl methyl sites for hydroxylation is 2. The Labute approximate surface area is 165 Å². The first-order valence-electron chi connectivity index (χ1n) is 8.82. The Morgan fingerprint density at radius 2 is 2.32 bits per heavy atom. The van der Waals surface area contributed by atoms with E-state index >= 15 is 0 Å². The molecule has 1 saturated heterocycles. The van der Waals surface area contributed by atoms with Gasteiger partial charge in [-0.25, -0.2) is 9.37 Å². The molecule has 9 heteroatoms. The number of fused-ring (bicyclic) bond motifs is 1. The second-order valence-corrected chi connectivity index (χ2v) is 7.93. The van der Waals surface area contributed by atoms with Crippen LogP contribution in [0.3, 0.4) is 0 Å². The fourth-order valence-electron chi connectivity index (χ4n) is 3.21. The predicted molar refractivity (Wildman–Crippen MR) is 107 cm³/mol. The van der Waals surface area contributed by atoms with Crippen molar-refractivity contribution < 1.29 is 13.9 Å². The number of alkyl halides is 1. The first kappa shape index (κ1) is 18.4. The van der Waals surface area contributed by atoms with Crippen molar-refractivity contribution in [2.24, 2.45) is 7.05 Å². The van der Waals surface area contributed by atoms with Gasteiger partial charge in [0.25, 0.3) is 0 Å². The van der Waals surface area contributed by atoms with Crippen LogP contribution in [-0.2, 0) is 11.8 Å². The van der Waals surface area contributed by atoms with Crippen LogP contribution in [0.15, 0.2) is 37.2 Å². The fourth-order valence-corrected chi connectivity index (χ4v) is 3.88. The number of pyridine rings is 1. The van der Waals surface area contributed by atoms with E-state index in [0.29, 0.717) is 11.7 Å². The number of nitrogens with zero attached hydrogens (tertiary/aromatic N) is 4. The summed E-state index contributed by atoms with van der Waals surface area (Å²) >= 11 is 1.52. The summed E-state index contributed by atoms with van der Waals surface area (Å²) in [5.74, 6) is 0.585. The third kappa shape index (κ3) is 3.45. The molecule has 0 spiro atoms. The lowest BCUT2D eigenvalue weighted by Gasteiger charge is -2.17. The van der Waals surface area contributed by atoms with Crippen molar-refractivity contribution in [3.05, 3.63) is 42.1 Å². The maximum atomic E-state index is 14.5. The van der Waals surface area contributed by atoms with Crippen LogP contribution in [0.5, 0.6) is 5.88 Å². The van der Waals surface area contributed by atoms with Crippen LogP contribution < -0.4 is 10.1 Å². The quantitative estimate of drug-likeness (QED) is 0.665. The van der Waals surface area contributed by atoms with Crippen molar-refractivity contribution in [1.29, 1.82) is 0 Å². The van der Waals surface area contributed by atoms with Gasteiger partial charge in [-0.15, -0.1) is 11.3 Å². The van der Waals surface area contributed by atoms with Gasteiger partial charge in [-0.3, -0.25) is 4.79 Å². The largest absolute Gasteiger partial charge is 0.469 e. The molecule has 3 aromatic heterocycles. The summed E-state index contributed by atoms with van der Waals surface area (Å²) < 4.78 is 22.3. The van der Waals surface area contributed by atoms with Crippen LogP contribution in [0.25, 0.3) is 10.9 Å². The lowest BCUT2D eigenvalue weighted by Crippen LogP contribution is -2.30. The minimum atomic E-state index is -1.29. The van der Waals surface area contributed by atoms with E-state index in [-0.39, 0.29) is 19.0 Å². The third-order valence-electron chi connectivity index (χ3n) is 4.65. The molecule has 4 rings (SSSR count). The number of aromatic nitrogens is 3. The number of likely N-dealkylation sites (tertiary alicyclic amines) is 1. The average Bonchev–Trinajstić information content (AvgIpc) is 3.35. The molecule has 4 heterocycles. The van der Waals surface area contributed by atoms with Crippen LogP contribution in [0.4, 0.5) is 15.3 Å². The normalized spacial score (nSPS) is 19.2. The van der Waals surface area contributed by atoms with E-state index in [0.717, 1.165) is 20.9 Å². The van der Waals surface area contributed by atoms with Gasteiger partial charge in [-0.05, 0) is 19.1 Å². The number of amides is 1. The number of hydrogen-bond donors (Lipinski definition) is 1. The molecular weight excluding hydrogens is 381 g/mol. The molecule has 1 fully saturated rings. The molecule has 1 aliphatic rings. The number of hydrogen-bond acceptors (Lipinski definition) is 6. The van der Waals surface area contributed by atoms with Crippen molar-refractivity contribution in [2.45, 2.75) is 19.2 Å². The van der Waals surface area contributed by atoms with Gasteiger partial charge < -0.3 is 19.5 Å². The lowest BCUT2D eigenvalue weighted by molar-refractivity contribution is -0.125. The predicted octanol–water partition coefficient (Wildman–Crippen LogP) is 3.20. The Morgan fingerprint density at radius 1 is 1.50 bits per heavy atom. The van der Waals surface area contributed by atoms with Crippen molar-refractivity contribution in [3.63, 3.8) is 0 Å². The Hall–Kier alpha value is -2.94. The SMILES string of the molecule is C=CC(=O)N1C[C@H](F)[C@H](Oc2nc(Nc3ncc(C)s3)cc3c2ccn3C)C1. The van der Waals surface area contributed by atoms with Crippen molar-refractivity contribution in [1.82, 2.24) is 19.4 Å². The third-order valence-corrected chi connectivity index (χ3v) is 5.48. The fraction of sp³-hybridized carbons (Fsp3) is 0.316. The van der Waals surface area contributed by atoms with Gasteiger partial charge in [0, 0.05) is 30.4 Å². The maximum absolute atomic E-state index is 14.5. The minimum Gasteiger partial charge on any atom is -0.469 e. The number of ether oxygens (including phenoxy) is 1. The van der Waals surface area contributed by atoms with Gasteiger partial charge in [0.05, 0.1) is 24.0 Å². The Kier molecular flexibility index (Phi) is 4.76. The number of anilines is 2. The molecule has 28 heavy (non-hydrogen) atoms. The average molecular weight is 401 g/mol. The summed E-state index contributed by atoms with van der Waals surface area (Å²) in [6, 6.07) is 3.78. The summed E-state index contributed by atoms with van der Waals surface area (Å²) in [6.07, 6.45) is 2.79. The summed E-state index contributed by atoms with van der Waals surface area (Å²) in [4.78, 5) is 23.1. The molecule has 1 N–H and O–H groups in total. The second-order valence-electron chi connectivity index (χ2n) is 6.69. The van der Waals surface area contributed by atoms with E-state index in [2.05, 4.69) is 21.9 Å². The Bertz CT molecular complexity index is 1050. The van der Waals surface area contributed by atoms with Crippen LogP contribution in [-0.4, -0.2) is 50.7 Å². The molecule has 146 valence electrons. The highest BCUT2D eigenvalue weighted by Gasteiger charge is 2.37. The zero-order chi connectivity index (χ0) is 19.8. The molecule has 1 aliphatic heterocycles. The van der Waals surface area contributed by atoms with Crippen molar-refractivity contribution in [3.8, 4) is 5.88 Å². The molecule has 0 bridgehead atoms. The summed E-state index contributed by atoms with van der Waals surface area (Å²) in [5, 5.41) is 4.68. The molecular formula is C19H20FN5O2S. The van der Waals surface area contributed by atoms with Crippen molar-refractivity contribution in [2.75, 3.05) is 18.4 Å². The Balaban J connectivity index is 1.64. The highest BCUT2D eigenvalue weighted by molar-refractivity contribution is 7.15. The molecule has 0 saturated carbocycles. The standard InChI is InChI=1S/C19H20FN5O2S/c1-4-17(26)25-9-13(20)15(10-25)27-18-12-5-6-24(3)14(12)7-16(22-18)23-19-21-8-11(2)28-19/h4-8,13,15H,1,9-10H2,2-3H3,(H,21,22,23)/t13-,15+/m0/s1. The zero-order valence-electron chi connectivity index (χ0n) is 15.6. The van der Waals surface area contributed by atoms with Crippen LogP contribution in [0.1, 0.15) is 4.88 Å². The summed E-state index contributed by atoms with van der Waals surface area (Å²) in [5.41, 5.74) is 0.896. The number of carbonyl (C=O) groups is 1. The zero-order valence-corrected chi connectivity index (χ0v) is 16.4. The van der Waals surface area contributed by atoms with Gasteiger partial charge in [-0.1, -0.05) is 6.58 Å². The number of halogens is 1. The van der Waals surface area contributed by atoms with E-state index < -0.39 is 12.3 Å². The van der Waals surface area contributed by atoms with E-state index in [1.807, 2.05) is 36.9 Å². The van der Waals surface area contributed by atoms with Gasteiger partial charge >= 0.3 is 0 Å². The topological polar surface area (TPSA) is 72.3 Å². The maximum Gasteiger partial charge on any atom is 0.246 e. The molecule has 0 radical (unpaired) electrons. The van der Waals surface area contributed by atoms with Crippen molar-refractivity contribution >= 4 is 39.1 Å². The monoisotopic (exact) mass is 401 g/mol. The van der Waals surface area contributed by atoms with Crippen LogP contribution in [0.2, 0.25) is 0 Å². The second kappa shape index (κ2) is 7.23. The highest BCUT2D eigenvalue weighted by Crippen LogP contribution is 2.31. The minimum absolute atomic E-state index is 0.0101. The molecule has 2 atom stereocenters. The summed E-state index contributed by atoms with van der Waals surface area (Å²) in [7, 11) is 1.92. The van der Waals surface area contributed by atoms with Gasteiger partial charge in [0.15, 0.2) is 17.4 Å². The van der Waals surface area contributed by atoms with Gasteiger partial charge in [0.1, 0.15) is 5.82 Å². The Morgan fingerprint density at radius 3 is 3.04 bits per heavy atom. The van der Waals surface area contributed by atoms with E-state index in [4.69, 9.17) is 4.74 Å². The number of rotatable bonds is 5. The van der Waals surface area contributed by atoms with Gasteiger partial charge in [0.2, 0.25) is 11.8 Å². The first-order chi connectivity index (χ1) is 13.4. The first-order valence-corrected chi connectivity index (χ1v) is 9.64. The van der Waals surface area contributed by atoms with E-state index in [1.165, 1.54) is 22.3 Å². The number of nitrogens with one attached hydrogen (secondary N) is 1.